The maximum Gasteiger partial charge on any atom is 0.253 e. The van der Waals surface area contributed by atoms with Crippen molar-refractivity contribution in [2.45, 2.75) is 51.9 Å². The summed E-state index contributed by atoms with van der Waals surface area (Å²) in [6, 6.07) is 11.8. The first-order valence-corrected chi connectivity index (χ1v) is 13.8. The quantitative estimate of drug-likeness (QED) is 0.571. The highest BCUT2D eigenvalue weighted by molar-refractivity contribution is 5.94. The van der Waals surface area contributed by atoms with E-state index in [1.165, 1.54) is 51.7 Å². The lowest BCUT2D eigenvalue weighted by Crippen LogP contribution is -2.44. The fourth-order valence-corrected chi connectivity index (χ4v) is 5.94. The Labute approximate surface area is 215 Å². The Balaban J connectivity index is 1.08. The molecule has 3 heterocycles. The summed E-state index contributed by atoms with van der Waals surface area (Å²) >= 11 is 0. The molecule has 2 aliphatic heterocycles. The highest BCUT2D eigenvalue weighted by atomic mass is 16.5. The van der Waals surface area contributed by atoms with Crippen LogP contribution < -0.4 is 4.74 Å². The van der Waals surface area contributed by atoms with Gasteiger partial charge in [0.05, 0.1) is 6.61 Å². The Bertz CT molecular complexity index is 987. The molecule has 6 heteroatoms. The summed E-state index contributed by atoms with van der Waals surface area (Å²) in [6.07, 6.45) is 10.2. The van der Waals surface area contributed by atoms with Gasteiger partial charge in [0.25, 0.3) is 5.91 Å². The third-order valence-corrected chi connectivity index (χ3v) is 8.70. The van der Waals surface area contributed by atoms with Gasteiger partial charge in [0.2, 0.25) is 5.88 Å². The van der Waals surface area contributed by atoms with Crippen molar-refractivity contribution in [1.29, 1.82) is 0 Å². The number of carbonyl (C=O) groups excluding carboxylic acids is 1. The van der Waals surface area contributed by atoms with E-state index in [9.17, 15) is 9.90 Å². The van der Waals surface area contributed by atoms with Crippen LogP contribution in [0, 0.1) is 17.3 Å². The lowest BCUT2D eigenvalue weighted by molar-refractivity contribution is 0.0561. The van der Waals surface area contributed by atoms with Crippen molar-refractivity contribution < 1.29 is 14.6 Å². The van der Waals surface area contributed by atoms with Crippen molar-refractivity contribution in [3.8, 4) is 17.0 Å². The lowest BCUT2D eigenvalue weighted by atomic mass is 9.70. The van der Waals surface area contributed by atoms with Gasteiger partial charge >= 0.3 is 0 Å². The third kappa shape index (κ3) is 6.09. The second-order valence-corrected chi connectivity index (χ2v) is 11.6. The van der Waals surface area contributed by atoms with E-state index in [0.717, 1.165) is 43.7 Å². The Hall–Kier alpha value is -2.44. The number of piperidine rings is 2. The monoisotopic (exact) mass is 491 g/mol. The standard InChI is InChI=1S/C30H41N3O3/c1-30(13-2-14-30)22-32-15-9-24(10-16-32)21-36-28-8-7-27(19-31-28)25-3-5-26(6-4-25)29(35)33-17-11-23(20-34)12-18-33/h3-8,19,23-24,34H,2,9-18,20-22H2,1H3. The Kier molecular flexibility index (Phi) is 7.92. The van der Waals surface area contributed by atoms with Gasteiger partial charge < -0.3 is 19.6 Å². The zero-order valence-corrected chi connectivity index (χ0v) is 21.7. The third-order valence-electron chi connectivity index (χ3n) is 8.70. The summed E-state index contributed by atoms with van der Waals surface area (Å²) in [7, 11) is 0. The van der Waals surface area contributed by atoms with Crippen LogP contribution >= 0.6 is 0 Å². The minimum absolute atomic E-state index is 0.0721. The van der Waals surface area contributed by atoms with E-state index >= 15 is 0 Å². The number of likely N-dealkylation sites (tertiary alicyclic amines) is 2. The van der Waals surface area contributed by atoms with Crippen LogP contribution in [0.4, 0.5) is 0 Å². The van der Waals surface area contributed by atoms with Crippen LogP contribution in [0.15, 0.2) is 42.6 Å². The van der Waals surface area contributed by atoms with Gasteiger partial charge in [-0.15, -0.1) is 0 Å². The maximum absolute atomic E-state index is 12.8. The van der Waals surface area contributed by atoms with Crippen molar-refractivity contribution in [2.75, 3.05) is 45.9 Å². The molecule has 2 aromatic rings. The molecule has 194 valence electrons. The zero-order valence-electron chi connectivity index (χ0n) is 21.7. The first-order chi connectivity index (χ1) is 17.5. The number of pyridine rings is 1. The van der Waals surface area contributed by atoms with Gasteiger partial charge in [-0.25, -0.2) is 4.98 Å². The molecule has 5 rings (SSSR count). The molecule has 0 bridgehead atoms. The largest absolute Gasteiger partial charge is 0.477 e. The van der Waals surface area contributed by atoms with Gasteiger partial charge in [-0.3, -0.25) is 4.79 Å². The molecule has 1 aliphatic carbocycles. The maximum atomic E-state index is 12.8. The molecular formula is C30H41N3O3. The molecule has 1 aromatic carbocycles. The van der Waals surface area contributed by atoms with Crippen LogP contribution in [0.1, 0.15) is 62.2 Å². The molecular weight excluding hydrogens is 450 g/mol. The first-order valence-electron chi connectivity index (χ1n) is 13.8. The van der Waals surface area contributed by atoms with E-state index in [1.807, 2.05) is 47.5 Å². The smallest absolute Gasteiger partial charge is 0.253 e. The van der Waals surface area contributed by atoms with E-state index < -0.39 is 0 Å². The highest BCUT2D eigenvalue weighted by Crippen LogP contribution is 2.41. The number of ether oxygens (including phenoxy) is 1. The second-order valence-electron chi connectivity index (χ2n) is 11.6. The average Bonchev–Trinajstić information content (AvgIpc) is 2.92. The van der Waals surface area contributed by atoms with Gasteiger partial charge in [0, 0.05) is 49.6 Å². The predicted molar refractivity (Wildman–Crippen MR) is 142 cm³/mol. The molecule has 1 N–H and O–H groups in total. The van der Waals surface area contributed by atoms with E-state index in [0.29, 0.717) is 28.7 Å². The van der Waals surface area contributed by atoms with Gasteiger partial charge in [-0.05, 0) is 92.6 Å². The van der Waals surface area contributed by atoms with Crippen LogP contribution in [0.2, 0.25) is 0 Å². The average molecular weight is 492 g/mol. The number of rotatable bonds is 8. The number of aliphatic hydroxyl groups excluding tert-OH is 1. The molecule has 1 amide bonds. The topological polar surface area (TPSA) is 65.9 Å². The molecule has 0 unspecified atom stereocenters. The number of nitrogens with zero attached hydrogens (tertiary/aromatic N) is 3. The minimum atomic E-state index is 0.0721. The van der Waals surface area contributed by atoms with Gasteiger partial charge in [-0.1, -0.05) is 25.5 Å². The number of carbonyl (C=O) groups is 1. The zero-order chi connectivity index (χ0) is 25.0. The minimum Gasteiger partial charge on any atom is -0.477 e. The Morgan fingerprint density at radius 3 is 2.22 bits per heavy atom. The van der Waals surface area contributed by atoms with Crippen LogP contribution in [-0.4, -0.2) is 71.7 Å². The van der Waals surface area contributed by atoms with E-state index in [2.05, 4.69) is 16.8 Å². The van der Waals surface area contributed by atoms with Crippen LogP contribution in [0.25, 0.3) is 11.1 Å². The van der Waals surface area contributed by atoms with E-state index in [4.69, 9.17) is 4.74 Å². The number of hydrogen-bond donors (Lipinski definition) is 1. The Morgan fingerprint density at radius 2 is 1.64 bits per heavy atom. The Morgan fingerprint density at radius 1 is 0.972 bits per heavy atom. The molecule has 1 aromatic heterocycles. The summed E-state index contributed by atoms with van der Waals surface area (Å²) in [5, 5.41) is 9.31. The summed E-state index contributed by atoms with van der Waals surface area (Å²) in [5.74, 6) is 1.69. The number of hydrogen-bond acceptors (Lipinski definition) is 5. The normalized spacial score (nSPS) is 21.2. The summed E-state index contributed by atoms with van der Waals surface area (Å²) in [6.45, 7) is 8.48. The molecule has 36 heavy (non-hydrogen) atoms. The molecule has 2 saturated heterocycles. The summed E-state index contributed by atoms with van der Waals surface area (Å²) in [5.41, 5.74) is 3.34. The van der Waals surface area contributed by atoms with Crippen LogP contribution in [-0.2, 0) is 0 Å². The van der Waals surface area contributed by atoms with Gasteiger partial charge in [-0.2, -0.15) is 0 Å². The number of aromatic nitrogens is 1. The van der Waals surface area contributed by atoms with Crippen molar-refractivity contribution in [3.63, 3.8) is 0 Å². The molecule has 0 radical (unpaired) electrons. The summed E-state index contributed by atoms with van der Waals surface area (Å²) in [4.78, 5) is 21.9. The molecule has 3 aliphatic rings. The molecule has 0 atom stereocenters. The molecule has 1 saturated carbocycles. The van der Waals surface area contributed by atoms with E-state index in [1.54, 1.807) is 0 Å². The molecule has 3 fully saturated rings. The van der Waals surface area contributed by atoms with E-state index in [-0.39, 0.29) is 12.5 Å². The molecule has 0 spiro atoms. The van der Waals surface area contributed by atoms with Crippen LogP contribution in [0.5, 0.6) is 5.88 Å². The summed E-state index contributed by atoms with van der Waals surface area (Å²) < 4.78 is 6.04. The predicted octanol–water partition coefficient (Wildman–Crippen LogP) is 4.87. The fraction of sp³-hybridized carbons (Fsp3) is 0.600. The number of aliphatic hydroxyl groups is 1. The van der Waals surface area contributed by atoms with Crippen molar-refractivity contribution in [2.24, 2.45) is 17.3 Å². The lowest BCUT2D eigenvalue weighted by Gasteiger charge is -2.44. The number of amides is 1. The fourth-order valence-electron chi connectivity index (χ4n) is 5.94. The SMILES string of the molecule is CC1(CN2CCC(COc3ccc(-c4ccc(C(=O)N5CCC(CO)CC5)cc4)cn3)CC2)CCC1. The van der Waals surface area contributed by atoms with Crippen molar-refractivity contribution >= 4 is 5.91 Å². The van der Waals surface area contributed by atoms with Crippen molar-refractivity contribution in [3.05, 3.63) is 48.2 Å². The number of benzene rings is 1. The van der Waals surface area contributed by atoms with Gasteiger partial charge in [0.1, 0.15) is 0 Å². The van der Waals surface area contributed by atoms with Crippen molar-refractivity contribution in [1.82, 2.24) is 14.8 Å². The van der Waals surface area contributed by atoms with Crippen LogP contribution in [0.3, 0.4) is 0 Å². The highest BCUT2D eigenvalue weighted by Gasteiger charge is 2.34. The molecule has 6 nitrogen and oxygen atoms in total. The first kappa shape index (κ1) is 25.2. The second kappa shape index (κ2) is 11.3. The van der Waals surface area contributed by atoms with Gasteiger partial charge in [0.15, 0.2) is 0 Å².